The van der Waals surface area contributed by atoms with Gasteiger partial charge in [-0.3, -0.25) is 0 Å². The normalized spacial score (nSPS) is 9.42. The molecule has 2 heteroatoms. The second-order valence-corrected chi connectivity index (χ2v) is 6.21. The Labute approximate surface area is 153 Å². The Kier molecular flexibility index (Phi) is 5.34. The van der Waals surface area contributed by atoms with Crippen LogP contribution in [0.1, 0.15) is 22.3 Å². The third-order valence-electron chi connectivity index (χ3n) is 3.30. The van der Waals surface area contributed by atoms with Gasteiger partial charge in [-0.15, -0.1) is 25.3 Å². The molecular formula is C22H14S2. The molecule has 0 aromatic heterocycles. The lowest BCUT2D eigenvalue weighted by molar-refractivity contribution is 1.46. The van der Waals surface area contributed by atoms with E-state index in [1.165, 1.54) is 0 Å². The van der Waals surface area contributed by atoms with E-state index < -0.39 is 0 Å². The molecule has 0 heterocycles. The van der Waals surface area contributed by atoms with Gasteiger partial charge >= 0.3 is 0 Å². The molecule has 3 aromatic rings. The molecule has 0 atom stereocenters. The van der Waals surface area contributed by atoms with E-state index in [9.17, 15) is 0 Å². The van der Waals surface area contributed by atoms with Crippen molar-refractivity contribution >= 4 is 25.3 Å². The monoisotopic (exact) mass is 342 g/mol. The summed E-state index contributed by atoms with van der Waals surface area (Å²) in [5.41, 5.74) is 3.83. The fourth-order valence-electron chi connectivity index (χ4n) is 2.05. The Hall–Kier alpha value is -2.52. The minimum Gasteiger partial charge on any atom is -0.143 e. The first kappa shape index (κ1) is 16.3. The number of hydrogen-bond donors (Lipinski definition) is 2. The zero-order valence-corrected chi connectivity index (χ0v) is 14.6. The Morgan fingerprint density at radius 1 is 0.458 bits per heavy atom. The van der Waals surface area contributed by atoms with E-state index in [0.717, 1.165) is 32.0 Å². The van der Waals surface area contributed by atoms with Crippen LogP contribution in [-0.2, 0) is 0 Å². The van der Waals surface area contributed by atoms with E-state index in [4.69, 9.17) is 0 Å². The Morgan fingerprint density at radius 2 is 0.833 bits per heavy atom. The van der Waals surface area contributed by atoms with Gasteiger partial charge in [0.1, 0.15) is 0 Å². The van der Waals surface area contributed by atoms with Crippen molar-refractivity contribution in [2.75, 3.05) is 0 Å². The highest BCUT2D eigenvalue weighted by Crippen LogP contribution is 2.09. The van der Waals surface area contributed by atoms with E-state index in [0.29, 0.717) is 0 Å². The topological polar surface area (TPSA) is 0 Å². The summed E-state index contributed by atoms with van der Waals surface area (Å²) >= 11 is 8.55. The first-order valence-corrected chi connectivity index (χ1v) is 8.31. The molecule has 0 amide bonds. The second-order valence-electron chi connectivity index (χ2n) is 5.17. The summed E-state index contributed by atoms with van der Waals surface area (Å²) in [5, 5.41) is 0. The highest BCUT2D eigenvalue weighted by Gasteiger charge is 1.92. The minimum atomic E-state index is 0.934. The Bertz CT molecular complexity index is 882. The Balaban J connectivity index is 1.80. The lowest BCUT2D eigenvalue weighted by atomic mass is 10.1. The molecule has 0 aliphatic carbocycles. The fraction of sp³-hybridized carbons (Fsp3) is 0. The maximum atomic E-state index is 4.27. The molecule has 0 saturated heterocycles. The molecule has 3 aromatic carbocycles. The van der Waals surface area contributed by atoms with Crippen LogP contribution in [0, 0.1) is 23.7 Å². The molecule has 114 valence electrons. The molecule has 0 nitrogen and oxygen atoms in total. The fourth-order valence-corrected chi connectivity index (χ4v) is 2.35. The van der Waals surface area contributed by atoms with Crippen molar-refractivity contribution in [1.29, 1.82) is 0 Å². The molecule has 0 bridgehead atoms. The van der Waals surface area contributed by atoms with Gasteiger partial charge in [-0.05, 0) is 66.7 Å². The van der Waals surface area contributed by atoms with E-state index >= 15 is 0 Å². The van der Waals surface area contributed by atoms with Gasteiger partial charge in [-0.1, -0.05) is 29.7 Å². The molecule has 0 radical (unpaired) electrons. The number of benzene rings is 3. The first-order chi connectivity index (χ1) is 11.7. The molecule has 0 spiro atoms. The minimum absolute atomic E-state index is 0.934. The number of hydrogen-bond acceptors (Lipinski definition) is 2. The maximum Gasteiger partial charge on any atom is 0.0261 e. The van der Waals surface area contributed by atoms with Gasteiger partial charge in [0, 0.05) is 32.0 Å². The van der Waals surface area contributed by atoms with Gasteiger partial charge in [0.15, 0.2) is 0 Å². The first-order valence-electron chi connectivity index (χ1n) is 7.41. The summed E-state index contributed by atoms with van der Waals surface area (Å²) in [7, 11) is 0. The van der Waals surface area contributed by atoms with Crippen LogP contribution in [0.15, 0.2) is 82.6 Å². The average Bonchev–Trinajstić information content (AvgIpc) is 2.61. The third kappa shape index (κ3) is 4.74. The van der Waals surface area contributed by atoms with Gasteiger partial charge in [0.05, 0.1) is 0 Å². The highest BCUT2D eigenvalue weighted by atomic mass is 32.1. The molecule has 0 aliphatic heterocycles. The predicted octanol–water partition coefficient (Wildman–Crippen LogP) is 5.06. The van der Waals surface area contributed by atoms with Crippen LogP contribution in [0.3, 0.4) is 0 Å². The van der Waals surface area contributed by atoms with Gasteiger partial charge < -0.3 is 0 Å². The van der Waals surface area contributed by atoms with Crippen molar-refractivity contribution in [3.63, 3.8) is 0 Å². The molecule has 0 aliphatic rings. The van der Waals surface area contributed by atoms with Crippen molar-refractivity contribution in [1.82, 2.24) is 0 Å². The summed E-state index contributed by atoms with van der Waals surface area (Å²) in [6.07, 6.45) is 0. The lowest BCUT2D eigenvalue weighted by Crippen LogP contribution is -1.80. The highest BCUT2D eigenvalue weighted by molar-refractivity contribution is 7.80. The summed E-state index contributed by atoms with van der Waals surface area (Å²) in [5.74, 6) is 12.7. The third-order valence-corrected chi connectivity index (χ3v) is 3.90. The van der Waals surface area contributed by atoms with E-state index in [2.05, 4.69) is 48.9 Å². The molecule has 3 rings (SSSR count). The molecule has 0 N–H and O–H groups in total. The van der Waals surface area contributed by atoms with Crippen molar-refractivity contribution in [3.8, 4) is 23.7 Å². The largest absolute Gasteiger partial charge is 0.143 e. The molecule has 0 unspecified atom stereocenters. The zero-order chi connectivity index (χ0) is 16.8. The number of thiol groups is 2. The van der Waals surface area contributed by atoms with Crippen LogP contribution in [0.25, 0.3) is 0 Å². The van der Waals surface area contributed by atoms with Gasteiger partial charge in [0.2, 0.25) is 0 Å². The van der Waals surface area contributed by atoms with E-state index in [-0.39, 0.29) is 0 Å². The Morgan fingerprint density at radius 3 is 1.25 bits per heavy atom. The SMILES string of the molecule is Sc1ccc(C#Cc2cccc(C#Cc3ccc(S)cc3)c2)cc1. The van der Waals surface area contributed by atoms with Crippen LogP contribution in [0.5, 0.6) is 0 Å². The van der Waals surface area contributed by atoms with E-state index in [1.807, 2.05) is 72.8 Å². The van der Waals surface area contributed by atoms with Crippen molar-refractivity contribution in [2.24, 2.45) is 0 Å². The van der Waals surface area contributed by atoms with Crippen LogP contribution in [-0.4, -0.2) is 0 Å². The quantitative estimate of drug-likeness (QED) is 0.414. The molecular weight excluding hydrogens is 328 g/mol. The second kappa shape index (κ2) is 7.84. The smallest absolute Gasteiger partial charge is 0.0261 e. The summed E-state index contributed by atoms with van der Waals surface area (Å²) in [4.78, 5) is 1.87. The van der Waals surface area contributed by atoms with Gasteiger partial charge in [-0.25, -0.2) is 0 Å². The zero-order valence-electron chi connectivity index (χ0n) is 12.8. The van der Waals surface area contributed by atoms with Crippen molar-refractivity contribution < 1.29 is 0 Å². The summed E-state index contributed by atoms with van der Waals surface area (Å²) in [6, 6.07) is 23.5. The van der Waals surface area contributed by atoms with Crippen LogP contribution < -0.4 is 0 Å². The predicted molar refractivity (Wildman–Crippen MR) is 106 cm³/mol. The number of rotatable bonds is 0. The maximum absolute atomic E-state index is 4.27. The molecule has 0 saturated carbocycles. The van der Waals surface area contributed by atoms with Crippen LogP contribution in [0.4, 0.5) is 0 Å². The van der Waals surface area contributed by atoms with Crippen molar-refractivity contribution in [2.45, 2.75) is 9.79 Å². The van der Waals surface area contributed by atoms with Crippen molar-refractivity contribution in [3.05, 3.63) is 95.1 Å². The van der Waals surface area contributed by atoms with Crippen LogP contribution >= 0.6 is 25.3 Å². The standard InChI is InChI=1S/C22H14S2/c23-21-12-8-17(9-13-21)4-6-19-2-1-3-20(16-19)7-5-18-10-14-22(24)15-11-18/h1-3,8-16,23-24H. The summed E-state index contributed by atoms with van der Waals surface area (Å²) < 4.78 is 0. The van der Waals surface area contributed by atoms with E-state index in [1.54, 1.807) is 0 Å². The van der Waals surface area contributed by atoms with Gasteiger partial charge in [0.25, 0.3) is 0 Å². The van der Waals surface area contributed by atoms with Crippen LogP contribution in [0.2, 0.25) is 0 Å². The lowest BCUT2D eigenvalue weighted by Gasteiger charge is -1.94. The molecule has 0 fully saturated rings. The average molecular weight is 342 g/mol. The van der Waals surface area contributed by atoms with Gasteiger partial charge in [-0.2, -0.15) is 0 Å². The molecule has 24 heavy (non-hydrogen) atoms. The summed E-state index contributed by atoms with van der Waals surface area (Å²) in [6.45, 7) is 0.